The molecule has 0 fully saturated rings. The molecule has 2 rings (SSSR count). The van der Waals surface area contributed by atoms with Gasteiger partial charge in [-0.3, -0.25) is 0 Å². The molecule has 6 heteroatoms. The molecule has 0 aliphatic rings. The van der Waals surface area contributed by atoms with E-state index < -0.39 is 0 Å². The summed E-state index contributed by atoms with van der Waals surface area (Å²) in [7, 11) is 1.65. The van der Waals surface area contributed by atoms with Crippen LogP contribution in [0.5, 0.6) is 5.75 Å². The first-order valence-corrected chi connectivity index (χ1v) is 7.35. The number of para-hydroxylation sites is 1. The van der Waals surface area contributed by atoms with E-state index in [0.717, 1.165) is 20.0 Å². The van der Waals surface area contributed by atoms with E-state index in [1.807, 2.05) is 36.4 Å². The molecule has 3 N–H and O–H groups in total. The van der Waals surface area contributed by atoms with Crippen LogP contribution in [0.4, 0.5) is 0 Å². The van der Waals surface area contributed by atoms with Gasteiger partial charge in [-0.15, -0.1) is 0 Å². The summed E-state index contributed by atoms with van der Waals surface area (Å²) in [5.41, 5.74) is 6.24. The molecule has 2 aromatic carbocycles. The van der Waals surface area contributed by atoms with E-state index in [9.17, 15) is 0 Å². The first kappa shape index (κ1) is 14.7. The number of ether oxygens (including phenoxy) is 1. The minimum atomic E-state index is 0.0747. The van der Waals surface area contributed by atoms with Gasteiger partial charge in [0.2, 0.25) is 0 Å². The van der Waals surface area contributed by atoms with E-state index in [1.54, 1.807) is 24.9 Å². The Morgan fingerprint density at radius 3 is 2.70 bits per heavy atom. The van der Waals surface area contributed by atoms with Crippen molar-refractivity contribution in [3.05, 3.63) is 52.5 Å². The highest BCUT2D eigenvalue weighted by Gasteiger charge is 2.08. The summed E-state index contributed by atoms with van der Waals surface area (Å²) >= 11 is 5.00. The Hall–Kier alpha value is -1.66. The van der Waals surface area contributed by atoms with Crippen molar-refractivity contribution in [2.75, 3.05) is 7.11 Å². The fourth-order valence-corrected chi connectivity index (χ4v) is 3.35. The van der Waals surface area contributed by atoms with Crippen molar-refractivity contribution in [3.63, 3.8) is 0 Å². The van der Waals surface area contributed by atoms with Crippen LogP contribution in [0.25, 0.3) is 0 Å². The van der Waals surface area contributed by atoms with Crippen molar-refractivity contribution in [1.29, 1.82) is 0 Å². The lowest BCUT2D eigenvalue weighted by atomic mass is 10.2. The predicted molar refractivity (Wildman–Crippen MR) is 83.8 cm³/mol. The molecule has 0 aliphatic carbocycles. The third-order valence-corrected chi connectivity index (χ3v) is 4.32. The van der Waals surface area contributed by atoms with Gasteiger partial charge >= 0.3 is 0 Å². The molecule has 0 saturated carbocycles. The second-order valence-electron chi connectivity index (χ2n) is 3.88. The van der Waals surface area contributed by atoms with Crippen molar-refractivity contribution in [2.24, 2.45) is 10.9 Å². The van der Waals surface area contributed by atoms with Crippen LogP contribution >= 0.6 is 27.7 Å². The minimum Gasteiger partial charge on any atom is -0.496 e. The van der Waals surface area contributed by atoms with Crippen LogP contribution in [0.15, 0.2) is 61.9 Å². The van der Waals surface area contributed by atoms with Gasteiger partial charge in [0, 0.05) is 14.9 Å². The van der Waals surface area contributed by atoms with Gasteiger partial charge in [0.1, 0.15) is 5.75 Å². The Morgan fingerprint density at radius 2 is 2.05 bits per heavy atom. The van der Waals surface area contributed by atoms with Crippen LogP contribution < -0.4 is 10.5 Å². The number of hydrogen-bond donors (Lipinski definition) is 2. The third-order valence-electron chi connectivity index (χ3n) is 2.62. The Bertz CT molecular complexity index is 647. The molecule has 0 spiro atoms. The van der Waals surface area contributed by atoms with E-state index in [4.69, 9.17) is 15.7 Å². The van der Waals surface area contributed by atoms with Gasteiger partial charge in [-0.05, 0) is 46.3 Å². The highest BCUT2D eigenvalue weighted by Crippen LogP contribution is 2.36. The van der Waals surface area contributed by atoms with Crippen LogP contribution in [0, 0.1) is 0 Å². The van der Waals surface area contributed by atoms with Gasteiger partial charge in [-0.2, -0.15) is 0 Å². The number of benzene rings is 2. The lowest BCUT2D eigenvalue weighted by Crippen LogP contribution is -2.13. The van der Waals surface area contributed by atoms with Crippen molar-refractivity contribution in [3.8, 4) is 5.75 Å². The molecule has 20 heavy (non-hydrogen) atoms. The molecule has 104 valence electrons. The molecular formula is C14H13BrN2O2S. The van der Waals surface area contributed by atoms with E-state index in [-0.39, 0.29) is 5.84 Å². The van der Waals surface area contributed by atoms with Crippen LogP contribution in [-0.4, -0.2) is 18.2 Å². The Kier molecular flexibility index (Phi) is 4.92. The van der Waals surface area contributed by atoms with E-state index in [2.05, 4.69) is 21.1 Å². The third kappa shape index (κ3) is 3.26. The molecule has 2 aromatic rings. The molecular weight excluding hydrogens is 340 g/mol. The van der Waals surface area contributed by atoms with Crippen LogP contribution in [0.1, 0.15) is 5.56 Å². The number of halogens is 1. The summed E-state index contributed by atoms with van der Waals surface area (Å²) < 4.78 is 6.09. The number of nitrogens with two attached hydrogens (primary N) is 1. The molecule has 0 unspecified atom stereocenters. The first-order chi connectivity index (χ1) is 9.65. The maximum absolute atomic E-state index is 8.71. The van der Waals surface area contributed by atoms with Gasteiger partial charge in [-0.25, -0.2) is 0 Å². The lowest BCUT2D eigenvalue weighted by molar-refractivity contribution is 0.318. The van der Waals surface area contributed by atoms with E-state index in [0.29, 0.717) is 5.56 Å². The van der Waals surface area contributed by atoms with E-state index >= 15 is 0 Å². The van der Waals surface area contributed by atoms with Crippen molar-refractivity contribution < 1.29 is 9.94 Å². The summed E-state index contributed by atoms with van der Waals surface area (Å²) in [5.74, 6) is 0.903. The molecule has 0 bridgehead atoms. The van der Waals surface area contributed by atoms with Crippen LogP contribution in [0.2, 0.25) is 0 Å². The van der Waals surface area contributed by atoms with Gasteiger partial charge in [0.15, 0.2) is 5.84 Å². The molecule has 0 aliphatic heterocycles. The zero-order valence-electron chi connectivity index (χ0n) is 10.7. The summed E-state index contributed by atoms with van der Waals surface area (Å²) in [6.07, 6.45) is 0. The molecule has 4 nitrogen and oxygen atoms in total. The normalized spacial score (nSPS) is 11.4. The summed E-state index contributed by atoms with van der Waals surface area (Å²) in [4.78, 5) is 2.05. The minimum absolute atomic E-state index is 0.0747. The number of hydrogen-bond acceptors (Lipinski definition) is 4. The van der Waals surface area contributed by atoms with Gasteiger partial charge < -0.3 is 15.7 Å². The SMILES string of the molecule is COc1ccccc1Sc1ccc(/C(N)=N/O)c(Br)c1. The largest absolute Gasteiger partial charge is 0.496 e. The Morgan fingerprint density at radius 1 is 1.30 bits per heavy atom. The topological polar surface area (TPSA) is 67.8 Å². The maximum atomic E-state index is 8.71. The zero-order chi connectivity index (χ0) is 14.5. The predicted octanol–water partition coefficient (Wildman–Crippen LogP) is 3.70. The van der Waals surface area contributed by atoms with E-state index in [1.165, 1.54) is 0 Å². The standard InChI is InChI=1S/C14H13BrN2O2S/c1-19-12-4-2-3-5-13(12)20-9-6-7-10(11(15)8-9)14(16)17-18/h2-8,18H,1H3,(H2,16,17). The first-order valence-electron chi connectivity index (χ1n) is 5.74. The summed E-state index contributed by atoms with van der Waals surface area (Å²) in [6, 6.07) is 13.4. The highest BCUT2D eigenvalue weighted by molar-refractivity contribution is 9.10. The van der Waals surface area contributed by atoms with Gasteiger partial charge in [0.25, 0.3) is 0 Å². The summed E-state index contributed by atoms with van der Waals surface area (Å²) in [6.45, 7) is 0. The molecule has 0 amide bonds. The van der Waals surface area contributed by atoms with Crippen molar-refractivity contribution in [1.82, 2.24) is 0 Å². The molecule has 0 saturated heterocycles. The van der Waals surface area contributed by atoms with Gasteiger partial charge in [0.05, 0.1) is 12.0 Å². The Balaban J connectivity index is 2.29. The smallest absolute Gasteiger partial charge is 0.171 e. The zero-order valence-corrected chi connectivity index (χ0v) is 13.1. The number of methoxy groups -OCH3 is 1. The highest BCUT2D eigenvalue weighted by atomic mass is 79.9. The number of oxime groups is 1. The molecule has 0 aromatic heterocycles. The maximum Gasteiger partial charge on any atom is 0.171 e. The second kappa shape index (κ2) is 6.67. The molecule has 0 atom stereocenters. The average molecular weight is 353 g/mol. The van der Waals surface area contributed by atoms with Gasteiger partial charge in [-0.1, -0.05) is 29.1 Å². The monoisotopic (exact) mass is 352 g/mol. The fraction of sp³-hybridized carbons (Fsp3) is 0.0714. The number of amidine groups is 1. The number of rotatable bonds is 4. The van der Waals surface area contributed by atoms with Crippen molar-refractivity contribution in [2.45, 2.75) is 9.79 Å². The van der Waals surface area contributed by atoms with Crippen LogP contribution in [-0.2, 0) is 0 Å². The van der Waals surface area contributed by atoms with Crippen molar-refractivity contribution >= 4 is 33.5 Å². The Labute approximate surface area is 129 Å². The number of nitrogens with zero attached hydrogens (tertiary/aromatic N) is 1. The summed E-state index contributed by atoms with van der Waals surface area (Å²) in [5, 5.41) is 11.7. The van der Waals surface area contributed by atoms with Crippen LogP contribution in [0.3, 0.4) is 0 Å². The fourth-order valence-electron chi connectivity index (χ4n) is 1.65. The quantitative estimate of drug-likeness (QED) is 0.381. The average Bonchev–Trinajstić information content (AvgIpc) is 2.47. The molecule has 0 radical (unpaired) electrons. The second-order valence-corrected chi connectivity index (χ2v) is 5.85. The lowest BCUT2D eigenvalue weighted by Gasteiger charge is -2.09. The molecule has 0 heterocycles.